The van der Waals surface area contributed by atoms with Crippen molar-refractivity contribution in [3.63, 3.8) is 0 Å². The highest BCUT2D eigenvalue weighted by Crippen LogP contribution is 2.49. The Labute approximate surface area is 288 Å². The van der Waals surface area contributed by atoms with Crippen LogP contribution >= 0.6 is 0 Å². The summed E-state index contributed by atoms with van der Waals surface area (Å²) >= 11 is 0. The molecule has 0 bridgehead atoms. The predicted molar refractivity (Wildman–Crippen MR) is 180 cm³/mol. The summed E-state index contributed by atoms with van der Waals surface area (Å²) in [7, 11) is -4.43. The molecule has 0 saturated carbocycles. The van der Waals surface area contributed by atoms with Crippen LogP contribution in [0, 0.1) is 11.7 Å². The molecule has 0 spiro atoms. The largest absolute Gasteiger partial charge is 0.508 e. The highest BCUT2D eigenvalue weighted by molar-refractivity contribution is 7.91. The SMILES string of the molecule is O=C1[C@H](CC[C@H](O)c2ccc(F)cc2)[C@@H](c2ccc(-c3cccc(O)c3)cc2S(=O)(=O)CC2O[C@H](CO)[C@@H](O)[C@H](O)[C@H]2O)N1c1ccccc1. The van der Waals surface area contributed by atoms with Crippen LogP contribution in [-0.4, -0.2) is 87.8 Å². The highest BCUT2D eigenvalue weighted by Gasteiger charge is 2.51. The normalized spacial score (nSPS) is 26.0. The van der Waals surface area contributed by atoms with Crippen molar-refractivity contribution < 1.29 is 53.0 Å². The number of halogens is 1. The lowest BCUT2D eigenvalue weighted by Crippen LogP contribution is -2.60. The van der Waals surface area contributed by atoms with Gasteiger partial charge < -0.3 is 40.3 Å². The summed E-state index contributed by atoms with van der Waals surface area (Å²) < 4.78 is 47.9. The van der Waals surface area contributed by atoms with Crippen LogP contribution in [0.4, 0.5) is 10.1 Å². The van der Waals surface area contributed by atoms with Crippen molar-refractivity contribution >= 4 is 21.4 Å². The maximum atomic E-state index is 14.4. The Morgan fingerprint density at radius 3 is 2.18 bits per heavy atom. The van der Waals surface area contributed by atoms with Gasteiger partial charge in [0.1, 0.15) is 42.1 Å². The number of hydrogen-bond donors (Lipinski definition) is 6. The molecule has 0 aromatic heterocycles. The standard InChI is InChI=1S/C37H38FNO10S/c38-24-12-9-21(10-13-24)29(42)16-15-28-33(39(37(28)46)25-6-2-1-3-7-25)27-14-11-23(22-5-4-8-26(41)17-22)18-32(27)50(47,48)20-31-35(44)36(45)34(43)30(19-40)49-31/h1-14,17-18,28-31,33-36,40-45H,15-16,19-20H2/t28-,29+,30-,31?,33-,34-,35+,36+/m1/s1. The molecule has 2 aliphatic heterocycles. The summed E-state index contributed by atoms with van der Waals surface area (Å²) in [6.07, 6.45) is -8.84. The predicted octanol–water partition coefficient (Wildman–Crippen LogP) is 3.03. The number of hydrogen-bond acceptors (Lipinski definition) is 10. The van der Waals surface area contributed by atoms with E-state index in [-0.39, 0.29) is 35.0 Å². The van der Waals surface area contributed by atoms with Gasteiger partial charge in [0.15, 0.2) is 9.84 Å². The van der Waals surface area contributed by atoms with Crippen molar-refractivity contribution in [2.45, 2.75) is 60.4 Å². The van der Waals surface area contributed by atoms with E-state index >= 15 is 0 Å². The molecule has 1 unspecified atom stereocenters. The van der Waals surface area contributed by atoms with Crippen LogP contribution in [0.2, 0.25) is 0 Å². The summed E-state index contributed by atoms with van der Waals surface area (Å²) in [4.78, 5) is 15.1. The Morgan fingerprint density at radius 2 is 1.50 bits per heavy atom. The lowest BCUT2D eigenvalue weighted by molar-refractivity contribution is -0.223. The Kier molecular flexibility index (Phi) is 10.4. The number of carbonyl (C=O) groups is 1. The van der Waals surface area contributed by atoms with Crippen LogP contribution in [0.15, 0.2) is 102 Å². The van der Waals surface area contributed by atoms with Gasteiger partial charge in [-0.2, -0.15) is 0 Å². The first-order valence-electron chi connectivity index (χ1n) is 16.2. The number of sulfone groups is 1. The molecule has 2 fully saturated rings. The van der Waals surface area contributed by atoms with Gasteiger partial charge in [-0.25, -0.2) is 12.8 Å². The van der Waals surface area contributed by atoms with Gasteiger partial charge in [0, 0.05) is 5.69 Å². The number of β-lactam (4-membered cyclic amide) rings is 1. The molecule has 0 radical (unpaired) electrons. The van der Waals surface area contributed by atoms with Crippen molar-refractivity contribution in [1.82, 2.24) is 0 Å². The Balaban J connectivity index is 1.42. The number of carbonyl (C=O) groups excluding carboxylic acids is 1. The molecule has 11 nitrogen and oxygen atoms in total. The van der Waals surface area contributed by atoms with E-state index < -0.39 is 76.6 Å². The molecule has 8 atom stereocenters. The molecule has 2 aliphatic rings. The molecule has 4 aromatic rings. The van der Waals surface area contributed by atoms with Crippen molar-refractivity contribution in [2.24, 2.45) is 5.92 Å². The van der Waals surface area contributed by atoms with Gasteiger partial charge in [0.2, 0.25) is 5.91 Å². The second-order valence-corrected chi connectivity index (χ2v) is 14.7. The third kappa shape index (κ3) is 7.03. The van der Waals surface area contributed by atoms with Crippen LogP contribution in [0.5, 0.6) is 5.75 Å². The summed E-state index contributed by atoms with van der Waals surface area (Å²) in [5.74, 6) is -2.40. The van der Waals surface area contributed by atoms with Gasteiger partial charge in [0.05, 0.1) is 35.3 Å². The zero-order valence-corrected chi connectivity index (χ0v) is 27.6. The van der Waals surface area contributed by atoms with E-state index in [1.165, 1.54) is 47.4 Å². The molecule has 0 aliphatic carbocycles. The summed E-state index contributed by atoms with van der Waals surface area (Å²) in [5, 5.41) is 62.1. The molecule has 6 N–H and O–H groups in total. The minimum absolute atomic E-state index is 0.0445. The van der Waals surface area contributed by atoms with Gasteiger partial charge in [-0.1, -0.05) is 54.6 Å². The quantitative estimate of drug-likeness (QED) is 0.127. The van der Waals surface area contributed by atoms with Crippen molar-refractivity contribution in [3.05, 3.63) is 114 Å². The van der Waals surface area contributed by atoms with Crippen LogP contribution in [0.25, 0.3) is 11.1 Å². The van der Waals surface area contributed by atoms with Crippen molar-refractivity contribution in [1.29, 1.82) is 0 Å². The van der Waals surface area contributed by atoms with Crippen LogP contribution in [-0.2, 0) is 19.4 Å². The maximum absolute atomic E-state index is 14.4. The van der Waals surface area contributed by atoms with E-state index in [2.05, 4.69) is 0 Å². The van der Waals surface area contributed by atoms with Gasteiger partial charge in [-0.15, -0.1) is 0 Å². The maximum Gasteiger partial charge on any atom is 0.233 e. The molecule has 264 valence electrons. The number of phenolic OH excluding ortho intramolecular Hbond substituents is 1. The fourth-order valence-corrected chi connectivity index (χ4v) is 8.53. The second-order valence-electron chi connectivity index (χ2n) is 12.7. The molecule has 6 rings (SSSR count). The third-order valence-electron chi connectivity index (χ3n) is 9.48. The molecule has 2 saturated heterocycles. The fourth-order valence-electron chi connectivity index (χ4n) is 6.79. The number of rotatable bonds is 11. The van der Waals surface area contributed by atoms with Crippen LogP contribution < -0.4 is 4.90 Å². The van der Waals surface area contributed by atoms with Gasteiger partial charge in [0.25, 0.3) is 0 Å². The number of amides is 1. The lowest BCUT2D eigenvalue weighted by Gasteiger charge is -2.48. The number of benzene rings is 4. The average molecular weight is 708 g/mol. The Morgan fingerprint density at radius 1 is 0.820 bits per heavy atom. The average Bonchev–Trinajstić information content (AvgIpc) is 3.11. The van der Waals surface area contributed by atoms with Gasteiger partial charge in [-0.3, -0.25) is 4.79 Å². The van der Waals surface area contributed by atoms with E-state index in [1.54, 1.807) is 54.6 Å². The Hall–Kier alpha value is -4.21. The smallest absolute Gasteiger partial charge is 0.233 e. The zero-order valence-electron chi connectivity index (χ0n) is 26.7. The van der Waals surface area contributed by atoms with E-state index in [0.717, 1.165) is 0 Å². The molecular formula is C37H38FNO10S. The van der Waals surface area contributed by atoms with Gasteiger partial charge in [-0.05, 0) is 77.6 Å². The number of para-hydroxylation sites is 1. The number of aromatic hydroxyl groups is 1. The van der Waals surface area contributed by atoms with E-state index in [9.17, 15) is 48.2 Å². The van der Waals surface area contributed by atoms with Crippen molar-refractivity contribution in [3.8, 4) is 16.9 Å². The number of ether oxygens (including phenoxy) is 1. The van der Waals surface area contributed by atoms with E-state index in [4.69, 9.17) is 4.74 Å². The number of phenols is 1. The summed E-state index contributed by atoms with van der Waals surface area (Å²) in [5.41, 5.74) is 2.17. The summed E-state index contributed by atoms with van der Waals surface area (Å²) in [6.45, 7) is -0.735. The van der Waals surface area contributed by atoms with E-state index in [0.29, 0.717) is 22.4 Å². The molecule has 4 aromatic carbocycles. The lowest BCUT2D eigenvalue weighted by atomic mass is 9.78. The van der Waals surface area contributed by atoms with Crippen LogP contribution in [0.1, 0.15) is 36.1 Å². The zero-order chi connectivity index (χ0) is 35.7. The molecule has 1 amide bonds. The molecule has 13 heteroatoms. The Bertz CT molecular complexity index is 1920. The first-order chi connectivity index (χ1) is 23.9. The molecule has 2 heterocycles. The van der Waals surface area contributed by atoms with Crippen molar-refractivity contribution in [2.75, 3.05) is 17.3 Å². The minimum atomic E-state index is -4.43. The summed E-state index contributed by atoms with van der Waals surface area (Å²) in [6, 6.07) is 24.2. The van der Waals surface area contributed by atoms with Gasteiger partial charge >= 0.3 is 0 Å². The number of aliphatic hydroxyl groups excluding tert-OH is 5. The third-order valence-corrected chi connectivity index (χ3v) is 11.3. The number of nitrogens with zero attached hydrogens (tertiary/aromatic N) is 1. The highest BCUT2D eigenvalue weighted by atomic mass is 32.2. The topological polar surface area (TPSA) is 185 Å². The number of anilines is 1. The van der Waals surface area contributed by atoms with E-state index in [1.807, 2.05) is 0 Å². The first-order valence-corrected chi connectivity index (χ1v) is 17.8. The second kappa shape index (κ2) is 14.6. The monoisotopic (exact) mass is 707 g/mol. The molecule has 50 heavy (non-hydrogen) atoms. The minimum Gasteiger partial charge on any atom is -0.508 e. The van der Waals surface area contributed by atoms with Crippen LogP contribution in [0.3, 0.4) is 0 Å². The first kappa shape index (κ1) is 35.6. The molecular weight excluding hydrogens is 669 g/mol. The fraction of sp³-hybridized carbons (Fsp3) is 0.324. The number of aliphatic hydroxyl groups is 5.